The molecule has 0 aliphatic carbocycles. The van der Waals surface area contributed by atoms with Crippen LogP contribution in [0.5, 0.6) is 0 Å². The van der Waals surface area contributed by atoms with Gasteiger partial charge in [0.2, 0.25) is 0 Å². The molecule has 1 aromatic rings. The van der Waals surface area contributed by atoms with Gasteiger partial charge in [0.15, 0.2) is 0 Å². The lowest BCUT2D eigenvalue weighted by atomic mass is 10.0. The number of rotatable bonds is 6. The van der Waals surface area contributed by atoms with E-state index in [9.17, 15) is 14.9 Å². The normalized spacial score (nSPS) is 12.2. The fourth-order valence-corrected chi connectivity index (χ4v) is 2.00. The van der Waals surface area contributed by atoms with Gasteiger partial charge in [-0.15, -0.1) is 0 Å². The highest BCUT2D eigenvalue weighted by Gasteiger charge is 2.23. The molecular weight excluding hydrogens is 260 g/mol. The van der Waals surface area contributed by atoms with E-state index in [2.05, 4.69) is 5.32 Å². The van der Waals surface area contributed by atoms with E-state index in [4.69, 9.17) is 4.74 Å². The molecule has 0 aromatic heterocycles. The molecule has 0 aliphatic heterocycles. The predicted molar refractivity (Wildman–Crippen MR) is 75.3 cm³/mol. The quantitative estimate of drug-likeness (QED) is 0.490. The number of hydrogen-bond acceptors (Lipinski definition) is 5. The summed E-state index contributed by atoms with van der Waals surface area (Å²) in [5.74, 6) is -0.260. The highest BCUT2D eigenvalue weighted by molar-refractivity contribution is 5.75. The van der Waals surface area contributed by atoms with Crippen molar-refractivity contribution in [3.8, 4) is 0 Å². The molecule has 0 saturated carbocycles. The number of nitrogens with zero attached hydrogens (tertiary/aromatic N) is 1. The first kappa shape index (κ1) is 16.1. The molecule has 20 heavy (non-hydrogen) atoms. The van der Waals surface area contributed by atoms with Crippen LogP contribution in [0.1, 0.15) is 25.0 Å². The Hall–Kier alpha value is -1.95. The molecule has 0 heterocycles. The Kier molecular flexibility index (Phi) is 5.64. The molecule has 0 spiro atoms. The number of ether oxygens (including phenoxy) is 1. The van der Waals surface area contributed by atoms with Crippen molar-refractivity contribution in [2.24, 2.45) is 5.92 Å². The van der Waals surface area contributed by atoms with Crippen LogP contribution < -0.4 is 5.32 Å². The van der Waals surface area contributed by atoms with E-state index in [0.29, 0.717) is 12.1 Å². The number of carbonyl (C=O) groups excluding carboxylic acids is 1. The summed E-state index contributed by atoms with van der Waals surface area (Å²) in [5, 5.41) is 14.0. The van der Waals surface area contributed by atoms with Crippen molar-refractivity contribution < 1.29 is 14.5 Å². The maximum Gasteiger partial charge on any atom is 0.323 e. The Morgan fingerprint density at radius 3 is 2.60 bits per heavy atom. The molecule has 1 aromatic carbocycles. The Morgan fingerprint density at radius 2 is 2.10 bits per heavy atom. The summed E-state index contributed by atoms with van der Waals surface area (Å²) in [6.07, 6.45) is 0. The second-order valence-corrected chi connectivity index (χ2v) is 4.94. The third kappa shape index (κ3) is 3.77. The van der Waals surface area contributed by atoms with Crippen molar-refractivity contribution in [1.29, 1.82) is 0 Å². The van der Waals surface area contributed by atoms with Gasteiger partial charge in [-0.2, -0.15) is 0 Å². The van der Waals surface area contributed by atoms with Gasteiger partial charge in [-0.3, -0.25) is 14.9 Å². The Balaban J connectivity index is 2.86. The number of carbonyl (C=O) groups is 1. The van der Waals surface area contributed by atoms with Crippen molar-refractivity contribution in [3.63, 3.8) is 0 Å². The molecule has 1 unspecified atom stereocenters. The first-order valence-electron chi connectivity index (χ1n) is 6.42. The van der Waals surface area contributed by atoms with Gasteiger partial charge in [-0.05, 0) is 18.4 Å². The van der Waals surface area contributed by atoms with Crippen LogP contribution in [0.3, 0.4) is 0 Å². The SMILES string of the molecule is COC(=O)C(NCc1cccc([N+](=O)[O-])c1C)C(C)C. The van der Waals surface area contributed by atoms with E-state index < -0.39 is 11.0 Å². The molecule has 0 fully saturated rings. The van der Waals surface area contributed by atoms with Gasteiger partial charge >= 0.3 is 5.97 Å². The molecule has 6 heteroatoms. The minimum atomic E-state index is -0.432. The zero-order valence-corrected chi connectivity index (χ0v) is 12.2. The van der Waals surface area contributed by atoms with E-state index in [0.717, 1.165) is 5.56 Å². The van der Waals surface area contributed by atoms with Gasteiger partial charge in [-0.1, -0.05) is 26.0 Å². The number of methoxy groups -OCH3 is 1. The van der Waals surface area contributed by atoms with Crippen LogP contribution in [0, 0.1) is 23.0 Å². The van der Waals surface area contributed by atoms with Gasteiger partial charge in [0, 0.05) is 18.2 Å². The molecule has 0 bridgehead atoms. The Morgan fingerprint density at radius 1 is 1.45 bits per heavy atom. The molecule has 6 nitrogen and oxygen atoms in total. The zero-order chi connectivity index (χ0) is 15.3. The number of nitro benzene ring substituents is 1. The summed E-state index contributed by atoms with van der Waals surface area (Å²) in [6, 6.07) is 4.49. The van der Waals surface area contributed by atoms with Crippen molar-refractivity contribution >= 4 is 11.7 Å². The summed E-state index contributed by atoms with van der Waals surface area (Å²) in [4.78, 5) is 22.1. The number of nitro groups is 1. The minimum absolute atomic E-state index is 0.0708. The summed E-state index contributed by atoms with van der Waals surface area (Å²) >= 11 is 0. The zero-order valence-electron chi connectivity index (χ0n) is 12.2. The van der Waals surface area contributed by atoms with Crippen LogP contribution >= 0.6 is 0 Å². The molecular formula is C14H20N2O4. The minimum Gasteiger partial charge on any atom is -0.468 e. The third-order valence-electron chi connectivity index (χ3n) is 3.25. The maximum atomic E-state index is 11.6. The number of esters is 1. The number of nitrogens with one attached hydrogen (secondary N) is 1. The maximum absolute atomic E-state index is 11.6. The van der Waals surface area contributed by atoms with Crippen molar-refractivity contribution in [2.75, 3.05) is 7.11 Å². The van der Waals surface area contributed by atoms with E-state index in [1.54, 1.807) is 13.0 Å². The fraction of sp³-hybridized carbons (Fsp3) is 0.500. The van der Waals surface area contributed by atoms with Gasteiger partial charge in [0.25, 0.3) is 5.69 Å². The molecule has 0 radical (unpaired) electrons. The smallest absolute Gasteiger partial charge is 0.323 e. The standard InChI is InChI=1S/C14H20N2O4/c1-9(2)13(14(17)20-4)15-8-11-6-5-7-12(10(11)3)16(18)19/h5-7,9,13,15H,8H2,1-4H3. The van der Waals surface area contributed by atoms with E-state index in [1.165, 1.54) is 13.2 Å². The van der Waals surface area contributed by atoms with Crippen LogP contribution in [-0.2, 0) is 16.1 Å². The second-order valence-electron chi connectivity index (χ2n) is 4.94. The average molecular weight is 280 g/mol. The second kappa shape index (κ2) is 7.00. The Labute approximate surface area is 118 Å². The summed E-state index contributed by atoms with van der Waals surface area (Å²) in [6.45, 7) is 5.91. The molecule has 0 aliphatic rings. The van der Waals surface area contributed by atoms with Crippen molar-refractivity contribution in [3.05, 3.63) is 39.4 Å². The van der Waals surface area contributed by atoms with Gasteiger partial charge in [-0.25, -0.2) is 0 Å². The monoisotopic (exact) mass is 280 g/mol. The average Bonchev–Trinajstić information content (AvgIpc) is 2.39. The summed E-state index contributed by atoms with van der Waals surface area (Å²) in [5.41, 5.74) is 1.49. The van der Waals surface area contributed by atoms with Crippen LogP contribution in [0.15, 0.2) is 18.2 Å². The molecule has 1 rings (SSSR count). The number of hydrogen-bond donors (Lipinski definition) is 1. The fourth-order valence-electron chi connectivity index (χ4n) is 2.00. The largest absolute Gasteiger partial charge is 0.468 e. The molecule has 0 amide bonds. The van der Waals surface area contributed by atoms with E-state index in [-0.39, 0.29) is 17.6 Å². The lowest BCUT2D eigenvalue weighted by Crippen LogP contribution is -2.41. The van der Waals surface area contributed by atoms with Crippen LogP contribution in [0.25, 0.3) is 0 Å². The van der Waals surface area contributed by atoms with Crippen LogP contribution in [0.4, 0.5) is 5.69 Å². The first-order valence-corrected chi connectivity index (χ1v) is 6.42. The van der Waals surface area contributed by atoms with Crippen LogP contribution in [0.2, 0.25) is 0 Å². The van der Waals surface area contributed by atoms with Gasteiger partial charge in [0.05, 0.1) is 12.0 Å². The highest BCUT2D eigenvalue weighted by Crippen LogP contribution is 2.21. The molecule has 1 N–H and O–H groups in total. The van der Waals surface area contributed by atoms with E-state index in [1.807, 2.05) is 19.9 Å². The van der Waals surface area contributed by atoms with Crippen molar-refractivity contribution in [1.82, 2.24) is 5.32 Å². The van der Waals surface area contributed by atoms with Gasteiger partial charge < -0.3 is 10.1 Å². The topological polar surface area (TPSA) is 81.5 Å². The molecule has 110 valence electrons. The van der Waals surface area contributed by atoms with E-state index >= 15 is 0 Å². The van der Waals surface area contributed by atoms with Crippen LogP contribution in [-0.4, -0.2) is 24.0 Å². The molecule has 1 atom stereocenters. The third-order valence-corrected chi connectivity index (χ3v) is 3.25. The van der Waals surface area contributed by atoms with Gasteiger partial charge in [0.1, 0.15) is 6.04 Å². The highest BCUT2D eigenvalue weighted by atomic mass is 16.6. The number of benzene rings is 1. The summed E-state index contributed by atoms with van der Waals surface area (Å²) in [7, 11) is 1.35. The predicted octanol–water partition coefficient (Wildman–Crippen LogP) is 2.19. The first-order chi connectivity index (χ1) is 9.38. The summed E-state index contributed by atoms with van der Waals surface area (Å²) < 4.78 is 4.74. The van der Waals surface area contributed by atoms with Crippen molar-refractivity contribution in [2.45, 2.75) is 33.4 Å². The molecule has 0 saturated heterocycles. The lowest BCUT2D eigenvalue weighted by Gasteiger charge is -2.20. The Bertz CT molecular complexity index is 500. The lowest BCUT2D eigenvalue weighted by molar-refractivity contribution is -0.385.